The van der Waals surface area contributed by atoms with Crippen LogP contribution in [-0.4, -0.2) is 39.4 Å². The lowest BCUT2D eigenvalue weighted by Gasteiger charge is -2.06. The van der Waals surface area contributed by atoms with E-state index in [0.29, 0.717) is 12.1 Å². The molecule has 0 saturated carbocycles. The normalized spacial score (nSPS) is 11.7. The van der Waals surface area contributed by atoms with Gasteiger partial charge in [0.15, 0.2) is 0 Å². The molecule has 0 aliphatic rings. The zero-order valence-electron chi connectivity index (χ0n) is 12.2. The van der Waals surface area contributed by atoms with Gasteiger partial charge in [-0.05, 0) is 25.5 Å². The minimum atomic E-state index is -0.766. The molecule has 2 rings (SSSR count). The van der Waals surface area contributed by atoms with Gasteiger partial charge in [0, 0.05) is 6.54 Å². The van der Waals surface area contributed by atoms with Crippen LogP contribution in [0.3, 0.4) is 0 Å². The summed E-state index contributed by atoms with van der Waals surface area (Å²) in [5.74, 6) is -1.51. The third-order valence-electron chi connectivity index (χ3n) is 2.92. The first kappa shape index (κ1) is 15.7. The highest BCUT2D eigenvalue weighted by Gasteiger charge is 2.14. The van der Waals surface area contributed by atoms with E-state index in [-0.39, 0.29) is 6.54 Å². The Bertz CT molecular complexity index is 637. The summed E-state index contributed by atoms with van der Waals surface area (Å²) in [6.07, 6.45) is 2.96. The van der Waals surface area contributed by atoms with Gasteiger partial charge in [0.1, 0.15) is 0 Å². The third-order valence-corrected chi connectivity index (χ3v) is 2.92. The molecule has 116 valence electrons. The number of carbonyl (C=O) groups is 2. The number of aliphatic hydroxyl groups excluding tert-OH is 1. The smallest absolute Gasteiger partial charge is 0.313 e. The van der Waals surface area contributed by atoms with Crippen LogP contribution in [0.4, 0.5) is 5.69 Å². The number of para-hydroxylation sites is 1. The maximum absolute atomic E-state index is 11.7. The summed E-state index contributed by atoms with van der Waals surface area (Å²) >= 11 is 0. The van der Waals surface area contributed by atoms with Gasteiger partial charge in [-0.2, -0.15) is 5.10 Å². The van der Waals surface area contributed by atoms with Gasteiger partial charge < -0.3 is 15.7 Å². The van der Waals surface area contributed by atoms with Crippen molar-refractivity contribution < 1.29 is 14.7 Å². The first-order chi connectivity index (χ1) is 10.6. The van der Waals surface area contributed by atoms with Gasteiger partial charge in [0.05, 0.1) is 29.9 Å². The fourth-order valence-electron chi connectivity index (χ4n) is 1.77. The zero-order valence-corrected chi connectivity index (χ0v) is 12.2. The zero-order chi connectivity index (χ0) is 15.9. The van der Waals surface area contributed by atoms with Gasteiger partial charge in [-0.25, -0.2) is 4.68 Å². The number of hydrogen-bond acceptors (Lipinski definition) is 4. The number of hydrogen-bond donors (Lipinski definition) is 3. The van der Waals surface area contributed by atoms with E-state index in [9.17, 15) is 9.59 Å². The first-order valence-corrected chi connectivity index (χ1v) is 6.93. The number of rotatable bonds is 5. The standard InChI is InChI=1S/C15H18N4O3/c1-11(20)7-8-16-14(21)15(22)18-12-9-17-19(10-12)13-5-3-2-4-6-13/h2-6,9-11,20H,7-8H2,1H3,(H,16,21)(H,18,22)/t11-/m1/s1. The number of benzene rings is 1. The highest BCUT2D eigenvalue weighted by molar-refractivity contribution is 6.39. The molecule has 3 N–H and O–H groups in total. The topological polar surface area (TPSA) is 96.2 Å². The summed E-state index contributed by atoms with van der Waals surface area (Å²) in [6.45, 7) is 1.86. The molecule has 7 nitrogen and oxygen atoms in total. The Morgan fingerprint density at radius 2 is 2.00 bits per heavy atom. The molecule has 2 aromatic rings. The number of carbonyl (C=O) groups excluding carboxylic acids is 2. The number of aromatic nitrogens is 2. The van der Waals surface area contributed by atoms with Crippen molar-refractivity contribution in [1.82, 2.24) is 15.1 Å². The number of anilines is 1. The van der Waals surface area contributed by atoms with Crippen LogP contribution in [-0.2, 0) is 9.59 Å². The molecule has 22 heavy (non-hydrogen) atoms. The fraction of sp³-hybridized carbons (Fsp3) is 0.267. The van der Waals surface area contributed by atoms with Gasteiger partial charge >= 0.3 is 11.8 Å². The predicted molar refractivity (Wildman–Crippen MR) is 81.5 cm³/mol. The van der Waals surface area contributed by atoms with E-state index in [2.05, 4.69) is 15.7 Å². The predicted octanol–water partition coefficient (Wildman–Crippen LogP) is 0.698. The number of amides is 2. The van der Waals surface area contributed by atoms with Gasteiger partial charge in [-0.1, -0.05) is 18.2 Å². The molecule has 1 aromatic heterocycles. The van der Waals surface area contributed by atoms with Crippen LogP contribution in [0.1, 0.15) is 13.3 Å². The lowest BCUT2D eigenvalue weighted by molar-refractivity contribution is -0.136. The molecule has 0 aliphatic heterocycles. The molecule has 7 heteroatoms. The highest BCUT2D eigenvalue weighted by Crippen LogP contribution is 2.10. The van der Waals surface area contributed by atoms with E-state index in [0.717, 1.165) is 5.69 Å². The van der Waals surface area contributed by atoms with Gasteiger partial charge in [0.2, 0.25) is 0 Å². The Kier molecular flexibility index (Phi) is 5.26. The molecule has 0 spiro atoms. The third kappa shape index (κ3) is 4.42. The Morgan fingerprint density at radius 1 is 1.27 bits per heavy atom. The van der Waals surface area contributed by atoms with Crippen molar-refractivity contribution >= 4 is 17.5 Å². The Labute approximate surface area is 128 Å². The van der Waals surface area contributed by atoms with Crippen LogP contribution in [0.2, 0.25) is 0 Å². The lowest BCUT2D eigenvalue weighted by atomic mass is 10.3. The van der Waals surface area contributed by atoms with E-state index < -0.39 is 17.9 Å². The molecule has 0 saturated heterocycles. The van der Waals surface area contributed by atoms with E-state index in [4.69, 9.17) is 5.11 Å². The van der Waals surface area contributed by atoms with Crippen molar-refractivity contribution in [3.05, 3.63) is 42.7 Å². The van der Waals surface area contributed by atoms with Crippen LogP contribution >= 0.6 is 0 Å². The number of nitrogens with zero attached hydrogens (tertiary/aromatic N) is 2. The average Bonchev–Trinajstić information content (AvgIpc) is 2.96. The van der Waals surface area contributed by atoms with E-state index in [1.807, 2.05) is 30.3 Å². The van der Waals surface area contributed by atoms with Gasteiger partial charge in [-0.15, -0.1) is 0 Å². The maximum Gasteiger partial charge on any atom is 0.313 e. The van der Waals surface area contributed by atoms with Crippen LogP contribution in [0, 0.1) is 0 Å². The molecule has 2 amide bonds. The Hall–Kier alpha value is -2.67. The van der Waals surface area contributed by atoms with Crippen LogP contribution < -0.4 is 10.6 Å². The average molecular weight is 302 g/mol. The lowest BCUT2D eigenvalue weighted by Crippen LogP contribution is -2.36. The quantitative estimate of drug-likeness (QED) is 0.708. The number of nitrogens with one attached hydrogen (secondary N) is 2. The maximum atomic E-state index is 11.7. The molecule has 0 bridgehead atoms. The summed E-state index contributed by atoms with van der Waals surface area (Å²) in [5.41, 5.74) is 1.28. The molecule has 0 fully saturated rings. The fourth-order valence-corrected chi connectivity index (χ4v) is 1.77. The summed E-state index contributed by atoms with van der Waals surface area (Å²) in [4.78, 5) is 23.3. The van der Waals surface area contributed by atoms with Crippen molar-refractivity contribution in [1.29, 1.82) is 0 Å². The molecule has 0 radical (unpaired) electrons. The molecular weight excluding hydrogens is 284 g/mol. The first-order valence-electron chi connectivity index (χ1n) is 6.93. The van der Waals surface area contributed by atoms with E-state index in [1.54, 1.807) is 17.8 Å². The van der Waals surface area contributed by atoms with E-state index in [1.165, 1.54) is 6.20 Å². The van der Waals surface area contributed by atoms with Crippen LogP contribution in [0.15, 0.2) is 42.7 Å². The monoisotopic (exact) mass is 302 g/mol. The highest BCUT2D eigenvalue weighted by atomic mass is 16.3. The van der Waals surface area contributed by atoms with Crippen molar-refractivity contribution in [2.24, 2.45) is 0 Å². The van der Waals surface area contributed by atoms with Crippen molar-refractivity contribution in [2.75, 3.05) is 11.9 Å². The Morgan fingerprint density at radius 3 is 2.68 bits per heavy atom. The summed E-state index contributed by atoms with van der Waals surface area (Å²) in [5, 5.41) is 18.1. The van der Waals surface area contributed by atoms with Crippen molar-refractivity contribution in [2.45, 2.75) is 19.4 Å². The minimum absolute atomic E-state index is 0.243. The molecule has 1 atom stereocenters. The van der Waals surface area contributed by atoms with Crippen LogP contribution in [0.5, 0.6) is 0 Å². The van der Waals surface area contributed by atoms with Crippen molar-refractivity contribution in [3.8, 4) is 5.69 Å². The van der Waals surface area contributed by atoms with Crippen LogP contribution in [0.25, 0.3) is 5.69 Å². The minimum Gasteiger partial charge on any atom is -0.393 e. The second kappa shape index (κ2) is 7.37. The Balaban J connectivity index is 1.90. The molecule has 0 aliphatic carbocycles. The summed E-state index contributed by atoms with van der Waals surface area (Å²) in [7, 11) is 0. The molecule has 0 unspecified atom stereocenters. The molecule has 1 aromatic carbocycles. The van der Waals surface area contributed by atoms with E-state index >= 15 is 0 Å². The van der Waals surface area contributed by atoms with Crippen molar-refractivity contribution in [3.63, 3.8) is 0 Å². The SMILES string of the molecule is C[C@@H](O)CCNC(=O)C(=O)Nc1cnn(-c2ccccc2)c1. The summed E-state index contributed by atoms with van der Waals surface area (Å²) in [6, 6.07) is 9.41. The molecule has 1 heterocycles. The van der Waals surface area contributed by atoms with Gasteiger partial charge in [-0.3, -0.25) is 9.59 Å². The largest absolute Gasteiger partial charge is 0.393 e. The number of aliphatic hydroxyl groups is 1. The summed E-state index contributed by atoms with van der Waals surface area (Å²) < 4.78 is 1.60. The van der Waals surface area contributed by atoms with Gasteiger partial charge in [0.25, 0.3) is 0 Å². The second-order valence-electron chi connectivity index (χ2n) is 4.86. The molecular formula is C15H18N4O3. The second-order valence-corrected chi connectivity index (χ2v) is 4.86.